The van der Waals surface area contributed by atoms with Gasteiger partial charge in [-0.2, -0.15) is 0 Å². The van der Waals surface area contributed by atoms with E-state index in [0.29, 0.717) is 17.0 Å². The molecule has 33 heavy (non-hydrogen) atoms. The maximum atomic E-state index is 12.7. The van der Waals surface area contributed by atoms with Crippen molar-refractivity contribution in [2.24, 2.45) is 10.1 Å². The number of aryl methyl sites for hydroxylation is 1. The summed E-state index contributed by atoms with van der Waals surface area (Å²) in [7, 11) is 0. The number of anilines is 1. The van der Waals surface area contributed by atoms with Gasteiger partial charge in [-0.05, 0) is 18.6 Å². The molecule has 15 heteroatoms. The predicted octanol–water partition coefficient (Wildman–Crippen LogP) is -2.70. The van der Waals surface area contributed by atoms with Crippen LogP contribution in [0.4, 0.5) is 5.13 Å². The molecule has 0 aliphatic carbocycles. The quantitative estimate of drug-likeness (QED) is 0.0943. The van der Waals surface area contributed by atoms with Crippen molar-refractivity contribution >= 4 is 57.8 Å². The number of hydrogen-bond acceptors (Lipinski definition) is 12. The molecule has 2 atom stereocenters. The first-order chi connectivity index (χ1) is 15.3. The Morgan fingerprint density at radius 2 is 2.21 bits per heavy atom. The number of nitrogens with two attached hydrogens (primary N) is 1. The Morgan fingerprint density at radius 3 is 2.79 bits per heavy atom. The average Bonchev–Trinajstić information content (AvgIpc) is 3.38. The van der Waals surface area contributed by atoms with E-state index in [9.17, 15) is 25.0 Å². The summed E-state index contributed by atoms with van der Waals surface area (Å²) in [6, 6.07) is 0.569. The van der Waals surface area contributed by atoms with E-state index < -0.39 is 34.9 Å². The van der Waals surface area contributed by atoms with Gasteiger partial charge in [0.15, 0.2) is 16.9 Å². The number of thiazole rings is 1. The summed E-state index contributed by atoms with van der Waals surface area (Å²) in [6.45, 7) is 1.75. The van der Waals surface area contributed by atoms with Crippen molar-refractivity contribution in [2.45, 2.75) is 18.3 Å². The zero-order valence-corrected chi connectivity index (χ0v) is 21.0. The van der Waals surface area contributed by atoms with Crippen LogP contribution in [0.3, 0.4) is 0 Å². The minimum atomic E-state index is -1.28. The van der Waals surface area contributed by atoms with Crippen LogP contribution < -0.4 is 40.4 Å². The fourth-order valence-electron chi connectivity index (χ4n) is 3.17. The van der Waals surface area contributed by atoms with Crippen LogP contribution in [0.15, 0.2) is 43.5 Å². The number of aliphatic carboxylic acids is 1. The average molecular weight is 498 g/mol. The van der Waals surface area contributed by atoms with Gasteiger partial charge < -0.3 is 25.7 Å². The third kappa shape index (κ3) is 4.84. The molecule has 2 aliphatic heterocycles. The molecule has 2 aliphatic rings. The maximum absolute atomic E-state index is 12.7. The van der Waals surface area contributed by atoms with Crippen molar-refractivity contribution in [1.29, 1.82) is 0 Å². The van der Waals surface area contributed by atoms with Crippen LogP contribution in [-0.4, -0.2) is 66.0 Å². The number of carboxylic acids is 1. The molecule has 0 spiro atoms. The van der Waals surface area contributed by atoms with Gasteiger partial charge in [0.25, 0.3) is 5.91 Å². The summed E-state index contributed by atoms with van der Waals surface area (Å²) in [6.07, 6.45) is 3.12. The van der Waals surface area contributed by atoms with E-state index in [1.54, 1.807) is 25.1 Å². The van der Waals surface area contributed by atoms with Crippen LogP contribution in [-0.2, 0) is 9.59 Å². The minimum Gasteiger partial charge on any atom is -0.857 e. The number of rotatable bonds is 6. The molecule has 1 saturated heterocycles. The molecule has 1 amide bonds. The molecule has 166 valence electrons. The van der Waals surface area contributed by atoms with Crippen LogP contribution >= 0.6 is 23.1 Å². The maximum Gasteiger partial charge on any atom is 1.00 e. The Hall–Kier alpha value is -2.65. The van der Waals surface area contributed by atoms with E-state index in [0.717, 1.165) is 16.2 Å². The summed E-state index contributed by atoms with van der Waals surface area (Å²) >= 11 is 2.30. The number of oxime groups is 1. The van der Waals surface area contributed by atoms with E-state index >= 15 is 0 Å². The van der Waals surface area contributed by atoms with Gasteiger partial charge in [0, 0.05) is 23.1 Å². The van der Waals surface area contributed by atoms with Gasteiger partial charge in [0.2, 0.25) is 0 Å². The number of fused-ring (bicyclic) bond motifs is 1. The number of carbonyl (C=O) groups is 2. The minimum absolute atomic E-state index is 0. The molecule has 12 nitrogen and oxygen atoms in total. The molecule has 2 aromatic heterocycles. The number of amides is 1. The summed E-state index contributed by atoms with van der Waals surface area (Å²) in [5, 5.41) is 39.0. The summed E-state index contributed by atoms with van der Waals surface area (Å²) < 4.78 is 5.08. The number of aromatic nitrogens is 2. The van der Waals surface area contributed by atoms with Gasteiger partial charge in [-0.3, -0.25) is 14.7 Å². The number of nitrogens with zero attached hydrogens (tertiary/aromatic N) is 5. The van der Waals surface area contributed by atoms with Crippen molar-refractivity contribution in [3.05, 3.63) is 45.9 Å². The topological polar surface area (TPSA) is 191 Å². The van der Waals surface area contributed by atoms with E-state index in [4.69, 9.17) is 10.3 Å². The van der Waals surface area contributed by atoms with Gasteiger partial charge in [0.1, 0.15) is 22.5 Å². The second-order valence-electron chi connectivity index (χ2n) is 6.69. The number of thioether (sulfide) groups is 1. The fraction of sp³-hybridized carbons (Fsp3) is 0.222. The molecule has 0 bridgehead atoms. The van der Waals surface area contributed by atoms with E-state index in [2.05, 4.69) is 20.3 Å². The Kier molecular flexibility index (Phi) is 7.64. The Morgan fingerprint density at radius 1 is 1.45 bits per heavy atom. The molecular formula is C18H15N6NaO6S2. The normalized spacial score (nSPS) is 21.1. The van der Waals surface area contributed by atoms with Crippen LogP contribution in [0.25, 0.3) is 6.08 Å². The van der Waals surface area contributed by atoms with Crippen molar-refractivity contribution in [2.75, 3.05) is 11.5 Å². The monoisotopic (exact) mass is 498 g/mol. The van der Waals surface area contributed by atoms with Crippen molar-refractivity contribution in [3.8, 4) is 0 Å². The van der Waals surface area contributed by atoms with Crippen LogP contribution in [0.5, 0.6) is 0 Å². The number of β-lactam (4-membered cyclic amide) rings is 1. The van der Waals surface area contributed by atoms with Gasteiger partial charge in [-0.1, -0.05) is 16.4 Å². The Bertz CT molecular complexity index is 1220. The summed E-state index contributed by atoms with van der Waals surface area (Å²) in [5.41, 5.74) is 6.00. The SMILES string of the molecule is Cc1cc(/C=C/C2=C(C(=O)O)N3C(=O)C(N=C([O-])/C(=N\O)c4csc(N)n4)C3SC2)on1.[Na+]. The first-order valence-electron chi connectivity index (χ1n) is 9.01. The third-order valence-electron chi connectivity index (χ3n) is 4.59. The van der Waals surface area contributed by atoms with Gasteiger partial charge in [-0.25, -0.2) is 9.78 Å². The standard InChI is InChI=1S/C18H16N6O6S2.Na/c1-7-4-9(30-23-7)3-2-8-5-31-16-12(15(26)24(16)13(8)17(27)28)21-14(25)11(22-29)10-6-32-18(19)20-10;/h2-4,6,12,16,29H,5H2,1H3,(H2,19,20)(H,21,25)(H,27,28);/q;+1/p-1/b3-2+,22-11-;. The first kappa shape index (κ1) is 25.0. The fourth-order valence-corrected chi connectivity index (χ4v) is 5.02. The van der Waals surface area contributed by atoms with Gasteiger partial charge >= 0.3 is 35.5 Å². The smallest absolute Gasteiger partial charge is 0.857 e. The zero-order chi connectivity index (χ0) is 23.0. The number of aliphatic imine (C=N–C) groups is 1. The van der Waals surface area contributed by atoms with E-state index in [1.165, 1.54) is 17.1 Å². The van der Waals surface area contributed by atoms with Crippen molar-refractivity contribution in [1.82, 2.24) is 15.0 Å². The number of carbonyl (C=O) groups excluding carboxylic acids is 1. The van der Waals surface area contributed by atoms with Crippen LogP contribution in [0, 0.1) is 6.92 Å². The third-order valence-corrected chi connectivity index (χ3v) is 6.55. The predicted molar refractivity (Wildman–Crippen MR) is 114 cm³/mol. The van der Waals surface area contributed by atoms with Gasteiger partial charge in [-0.15, -0.1) is 23.1 Å². The molecule has 0 radical (unpaired) electrons. The van der Waals surface area contributed by atoms with Crippen LogP contribution in [0.2, 0.25) is 0 Å². The molecule has 0 aromatic carbocycles. The van der Waals surface area contributed by atoms with Crippen molar-refractivity contribution < 1.29 is 59.1 Å². The molecule has 4 rings (SSSR count). The molecule has 1 fully saturated rings. The first-order valence-corrected chi connectivity index (χ1v) is 10.9. The van der Waals surface area contributed by atoms with Crippen LogP contribution in [0.1, 0.15) is 17.1 Å². The second kappa shape index (κ2) is 10.1. The number of carboxylic acid groups (broad SMARTS) is 1. The zero-order valence-electron chi connectivity index (χ0n) is 17.3. The molecule has 4 heterocycles. The molecule has 0 saturated carbocycles. The number of hydrogen-bond donors (Lipinski definition) is 3. The molecule has 4 N–H and O–H groups in total. The van der Waals surface area contributed by atoms with E-state index in [-0.39, 0.29) is 51.8 Å². The van der Waals surface area contributed by atoms with Crippen molar-refractivity contribution in [3.63, 3.8) is 0 Å². The summed E-state index contributed by atoms with van der Waals surface area (Å²) in [5.74, 6) is -2.17. The molecule has 2 aromatic rings. The number of allylic oxidation sites excluding steroid dienone is 1. The molecule has 2 unspecified atom stereocenters. The molecular weight excluding hydrogens is 483 g/mol. The second-order valence-corrected chi connectivity index (χ2v) is 8.69. The Balaban J connectivity index is 0.00000306. The number of nitrogen functional groups attached to an aromatic ring is 1. The largest absolute Gasteiger partial charge is 1.00 e. The Labute approximate surface area is 216 Å². The summed E-state index contributed by atoms with van der Waals surface area (Å²) in [4.78, 5) is 33.4. The van der Waals surface area contributed by atoms with E-state index in [1.807, 2.05) is 0 Å². The van der Waals surface area contributed by atoms with Gasteiger partial charge in [0.05, 0.1) is 5.69 Å².